The van der Waals surface area contributed by atoms with Gasteiger partial charge in [-0.3, -0.25) is 9.59 Å². The second kappa shape index (κ2) is 5.83. The number of amides is 1. The Hall–Kier alpha value is -2.11. The number of nitrogens with zero attached hydrogens (tertiary/aromatic N) is 2. The number of pyridine rings is 1. The van der Waals surface area contributed by atoms with Crippen LogP contribution < -0.4 is 10.6 Å². The Kier molecular flexibility index (Phi) is 4.45. The quantitative estimate of drug-likeness (QED) is 0.750. The Morgan fingerprint density at radius 1 is 1.53 bits per heavy atom. The van der Waals surface area contributed by atoms with Crippen molar-refractivity contribution < 1.29 is 14.7 Å². The maximum Gasteiger partial charge on any atom is 0.305 e. The fourth-order valence-electron chi connectivity index (χ4n) is 1.49. The SMILES string of the molecule is CCN(CCC(=O)O)c1ncccc1C(N)=O. The van der Waals surface area contributed by atoms with Crippen LogP contribution in [0.3, 0.4) is 0 Å². The van der Waals surface area contributed by atoms with E-state index < -0.39 is 11.9 Å². The Morgan fingerprint density at radius 2 is 2.24 bits per heavy atom. The van der Waals surface area contributed by atoms with E-state index >= 15 is 0 Å². The molecule has 3 N–H and O–H groups in total. The summed E-state index contributed by atoms with van der Waals surface area (Å²) in [6.07, 6.45) is 1.54. The molecule has 0 aliphatic heterocycles. The van der Waals surface area contributed by atoms with Gasteiger partial charge in [0.1, 0.15) is 5.82 Å². The van der Waals surface area contributed by atoms with Crippen molar-refractivity contribution >= 4 is 17.7 Å². The average Bonchev–Trinajstić information content (AvgIpc) is 2.30. The fourth-order valence-corrected chi connectivity index (χ4v) is 1.49. The molecular weight excluding hydrogens is 222 g/mol. The summed E-state index contributed by atoms with van der Waals surface area (Å²) in [5.74, 6) is -1.02. The van der Waals surface area contributed by atoms with Crippen molar-refractivity contribution in [1.29, 1.82) is 0 Å². The number of carboxylic acids is 1. The Bertz CT molecular complexity index is 420. The molecule has 0 unspecified atom stereocenters. The summed E-state index contributed by atoms with van der Waals surface area (Å²) in [7, 11) is 0. The van der Waals surface area contributed by atoms with Crippen LogP contribution in [0.15, 0.2) is 18.3 Å². The molecule has 0 atom stereocenters. The van der Waals surface area contributed by atoms with Crippen LogP contribution in [0.1, 0.15) is 23.7 Å². The minimum Gasteiger partial charge on any atom is -0.481 e. The summed E-state index contributed by atoms with van der Waals surface area (Å²) in [4.78, 5) is 27.5. The molecule has 0 fully saturated rings. The molecule has 0 spiro atoms. The molecule has 1 aromatic rings. The summed E-state index contributed by atoms with van der Waals surface area (Å²) in [5, 5.41) is 8.64. The summed E-state index contributed by atoms with van der Waals surface area (Å²) in [6.45, 7) is 2.72. The second-order valence-electron chi connectivity index (χ2n) is 3.46. The van der Waals surface area contributed by atoms with Crippen molar-refractivity contribution in [2.45, 2.75) is 13.3 Å². The number of hydrogen-bond acceptors (Lipinski definition) is 4. The first-order chi connectivity index (χ1) is 8.06. The van der Waals surface area contributed by atoms with Gasteiger partial charge in [-0.25, -0.2) is 4.98 Å². The minimum atomic E-state index is -0.889. The number of nitrogens with two attached hydrogens (primary N) is 1. The number of aromatic nitrogens is 1. The predicted octanol–water partition coefficient (Wildman–Crippen LogP) is 0.481. The first-order valence-corrected chi connectivity index (χ1v) is 5.27. The summed E-state index contributed by atoms with van der Waals surface area (Å²) in [6, 6.07) is 3.20. The van der Waals surface area contributed by atoms with Crippen LogP contribution in [0.2, 0.25) is 0 Å². The van der Waals surface area contributed by atoms with Crippen LogP contribution in [-0.4, -0.2) is 35.1 Å². The molecule has 1 aromatic heterocycles. The maximum atomic E-state index is 11.2. The van der Waals surface area contributed by atoms with Gasteiger partial charge in [0.2, 0.25) is 0 Å². The molecule has 1 heterocycles. The van der Waals surface area contributed by atoms with E-state index in [0.717, 1.165) is 0 Å². The third-order valence-corrected chi connectivity index (χ3v) is 2.33. The van der Waals surface area contributed by atoms with Crippen molar-refractivity contribution in [3.05, 3.63) is 23.9 Å². The zero-order chi connectivity index (χ0) is 12.8. The highest BCUT2D eigenvalue weighted by Gasteiger charge is 2.15. The predicted molar refractivity (Wildman–Crippen MR) is 62.9 cm³/mol. The summed E-state index contributed by atoms with van der Waals surface area (Å²) < 4.78 is 0. The van der Waals surface area contributed by atoms with Crippen LogP contribution >= 0.6 is 0 Å². The number of aliphatic carboxylic acids is 1. The first-order valence-electron chi connectivity index (χ1n) is 5.27. The van der Waals surface area contributed by atoms with E-state index in [0.29, 0.717) is 24.5 Å². The monoisotopic (exact) mass is 237 g/mol. The molecule has 1 rings (SSSR count). The number of carbonyl (C=O) groups is 2. The van der Waals surface area contributed by atoms with Gasteiger partial charge in [0.25, 0.3) is 5.91 Å². The number of primary amides is 1. The van der Waals surface area contributed by atoms with Crippen LogP contribution in [0.25, 0.3) is 0 Å². The van der Waals surface area contributed by atoms with Gasteiger partial charge < -0.3 is 15.7 Å². The molecule has 0 aliphatic rings. The molecule has 0 saturated heterocycles. The van der Waals surface area contributed by atoms with Crippen LogP contribution in [0, 0.1) is 0 Å². The normalized spacial score (nSPS) is 9.94. The molecule has 0 saturated carbocycles. The van der Waals surface area contributed by atoms with Gasteiger partial charge in [-0.15, -0.1) is 0 Å². The molecular formula is C11H15N3O3. The molecule has 0 aromatic carbocycles. The van der Waals surface area contributed by atoms with E-state index in [4.69, 9.17) is 10.8 Å². The van der Waals surface area contributed by atoms with Crippen LogP contribution in [0.4, 0.5) is 5.82 Å². The Morgan fingerprint density at radius 3 is 2.76 bits per heavy atom. The largest absolute Gasteiger partial charge is 0.481 e. The van der Waals surface area contributed by atoms with E-state index in [1.54, 1.807) is 23.2 Å². The minimum absolute atomic E-state index is 0.0113. The number of carboxylic acid groups (broad SMARTS) is 1. The highest BCUT2D eigenvalue weighted by Crippen LogP contribution is 2.16. The molecule has 0 radical (unpaired) electrons. The van der Waals surface area contributed by atoms with Crippen LogP contribution in [0.5, 0.6) is 0 Å². The fraction of sp³-hybridized carbons (Fsp3) is 0.364. The van der Waals surface area contributed by atoms with Gasteiger partial charge >= 0.3 is 5.97 Å². The second-order valence-corrected chi connectivity index (χ2v) is 3.46. The molecule has 92 valence electrons. The number of rotatable bonds is 6. The van der Waals surface area contributed by atoms with Crippen LogP contribution in [-0.2, 0) is 4.79 Å². The topological polar surface area (TPSA) is 96.5 Å². The van der Waals surface area contributed by atoms with E-state index in [1.165, 1.54) is 0 Å². The lowest BCUT2D eigenvalue weighted by molar-refractivity contribution is -0.136. The smallest absolute Gasteiger partial charge is 0.305 e. The van der Waals surface area contributed by atoms with E-state index in [9.17, 15) is 9.59 Å². The summed E-state index contributed by atoms with van der Waals surface area (Å²) >= 11 is 0. The summed E-state index contributed by atoms with van der Waals surface area (Å²) in [5.41, 5.74) is 5.55. The van der Waals surface area contributed by atoms with Gasteiger partial charge in [-0.2, -0.15) is 0 Å². The highest BCUT2D eigenvalue weighted by atomic mass is 16.4. The maximum absolute atomic E-state index is 11.2. The molecule has 0 bridgehead atoms. The van der Waals surface area contributed by atoms with Gasteiger partial charge in [0.15, 0.2) is 0 Å². The molecule has 6 heteroatoms. The number of anilines is 1. The van der Waals surface area contributed by atoms with Gasteiger partial charge in [-0.1, -0.05) is 0 Å². The molecule has 0 aliphatic carbocycles. The zero-order valence-electron chi connectivity index (χ0n) is 9.59. The van der Waals surface area contributed by atoms with Crippen molar-refractivity contribution in [2.75, 3.05) is 18.0 Å². The lowest BCUT2D eigenvalue weighted by Gasteiger charge is -2.22. The van der Waals surface area contributed by atoms with Crippen molar-refractivity contribution in [2.24, 2.45) is 5.73 Å². The molecule has 6 nitrogen and oxygen atoms in total. The molecule has 1 amide bonds. The lowest BCUT2D eigenvalue weighted by Crippen LogP contribution is -2.29. The van der Waals surface area contributed by atoms with E-state index in [2.05, 4.69) is 4.98 Å². The third-order valence-electron chi connectivity index (χ3n) is 2.33. The standard InChI is InChI=1S/C11H15N3O3/c1-2-14(7-5-9(15)16)11-8(10(12)17)4-3-6-13-11/h3-4,6H,2,5,7H2,1H3,(H2,12,17)(H,15,16). The zero-order valence-corrected chi connectivity index (χ0v) is 9.59. The lowest BCUT2D eigenvalue weighted by atomic mass is 10.2. The van der Waals surface area contributed by atoms with Crippen molar-refractivity contribution in [3.8, 4) is 0 Å². The Labute approximate surface area is 99.1 Å². The van der Waals surface area contributed by atoms with E-state index in [-0.39, 0.29) is 6.42 Å². The number of hydrogen-bond donors (Lipinski definition) is 2. The van der Waals surface area contributed by atoms with Gasteiger partial charge in [0, 0.05) is 19.3 Å². The first kappa shape index (κ1) is 13.0. The highest BCUT2D eigenvalue weighted by molar-refractivity contribution is 5.97. The average molecular weight is 237 g/mol. The van der Waals surface area contributed by atoms with E-state index in [1.807, 2.05) is 6.92 Å². The number of carbonyl (C=O) groups excluding carboxylic acids is 1. The van der Waals surface area contributed by atoms with Gasteiger partial charge in [0.05, 0.1) is 12.0 Å². The van der Waals surface area contributed by atoms with Crippen molar-refractivity contribution in [1.82, 2.24) is 4.98 Å². The van der Waals surface area contributed by atoms with Crippen molar-refractivity contribution in [3.63, 3.8) is 0 Å². The third kappa shape index (κ3) is 3.44. The molecule has 17 heavy (non-hydrogen) atoms. The Balaban J connectivity index is 2.94. The van der Waals surface area contributed by atoms with Gasteiger partial charge in [-0.05, 0) is 19.1 Å².